The van der Waals surface area contributed by atoms with E-state index < -0.39 is 0 Å². The average Bonchev–Trinajstić information content (AvgIpc) is 2.49. The Hall–Kier alpha value is -0.520. The second-order valence-corrected chi connectivity index (χ2v) is 6.26. The largest absolute Gasteiger partial charge is 0.0805 e. The summed E-state index contributed by atoms with van der Waals surface area (Å²) in [6.07, 6.45) is 7.97. The van der Waals surface area contributed by atoms with Crippen molar-refractivity contribution in [2.24, 2.45) is 29.6 Å². The topological polar surface area (TPSA) is 0 Å². The van der Waals surface area contributed by atoms with Crippen molar-refractivity contribution < 1.29 is 0 Å². The normalized spacial score (nSPS) is 39.1. The quantitative estimate of drug-likeness (QED) is 0.553. The van der Waals surface area contributed by atoms with Crippen LogP contribution >= 0.6 is 0 Å². The van der Waals surface area contributed by atoms with Crippen LogP contribution in [0.5, 0.6) is 0 Å². The zero-order valence-corrected chi connectivity index (χ0v) is 11.5. The summed E-state index contributed by atoms with van der Waals surface area (Å²) in [6.45, 7) is 11.8. The van der Waals surface area contributed by atoms with Crippen LogP contribution in [0.3, 0.4) is 0 Å². The molecule has 0 aliphatic heterocycles. The zero-order valence-electron chi connectivity index (χ0n) is 11.5. The van der Waals surface area contributed by atoms with Crippen molar-refractivity contribution in [1.29, 1.82) is 0 Å². The van der Waals surface area contributed by atoms with E-state index in [0.717, 1.165) is 17.8 Å². The van der Waals surface area contributed by atoms with Crippen molar-refractivity contribution in [3.8, 4) is 0 Å². The van der Waals surface area contributed by atoms with Gasteiger partial charge in [-0.3, -0.25) is 0 Å². The number of hydrogen-bond acceptors (Lipinski definition) is 0. The van der Waals surface area contributed by atoms with Crippen LogP contribution in [-0.2, 0) is 0 Å². The summed E-state index contributed by atoms with van der Waals surface area (Å²) in [7, 11) is 0. The molecule has 90 valence electrons. The summed E-state index contributed by atoms with van der Waals surface area (Å²) in [5, 5.41) is 0. The molecular weight excluding hydrogens is 192 g/mol. The van der Waals surface area contributed by atoms with Crippen LogP contribution in [0.15, 0.2) is 23.3 Å². The fourth-order valence-corrected chi connectivity index (χ4v) is 3.74. The lowest BCUT2D eigenvalue weighted by Crippen LogP contribution is -2.12. The second kappa shape index (κ2) is 4.39. The molecule has 0 saturated heterocycles. The maximum Gasteiger partial charge on any atom is -0.00463 e. The van der Waals surface area contributed by atoms with Gasteiger partial charge in [0, 0.05) is 0 Å². The molecule has 0 aromatic heterocycles. The molecule has 0 amide bonds. The Morgan fingerprint density at radius 1 is 1.12 bits per heavy atom. The molecule has 0 spiro atoms. The molecule has 2 aliphatic rings. The van der Waals surface area contributed by atoms with Crippen LogP contribution in [0.2, 0.25) is 0 Å². The van der Waals surface area contributed by atoms with Gasteiger partial charge in [0.25, 0.3) is 0 Å². The van der Waals surface area contributed by atoms with E-state index in [9.17, 15) is 0 Å². The molecule has 2 rings (SSSR count). The number of fused-ring (bicyclic) bond motifs is 1. The lowest BCUT2D eigenvalue weighted by Gasteiger charge is -2.20. The van der Waals surface area contributed by atoms with E-state index in [1.165, 1.54) is 12.8 Å². The van der Waals surface area contributed by atoms with E-state index in [0.29, 0.717) is 11.8 Å². The standard InChI is InChI=1S/C16H26/c1-10(2)15-9-16-11(3)6-7-14(16)12(4)8-13(15)5/h8-11,13-14,16H,6-7H2,1-5H3/t11?,13-,14?,16?/m1/s1. The van der Waals surface area contributed by atoms with Crippen LogP contribution in [-0.4, -0.2) is 0 Å². The minimum Gasteiger partial charge on any atom is -0.0805 e. The maximum absolute atomic E-state index is 2.63. The van der Waals surface area contributed by atoms with Gasteiger partial charge < -0.3 is 0 Å². The molecule has 0 heterocycles. The van der Waals surface area contributed by atoms with E-state index >= 15 is 0 Å². The molecule has 0 heteroatoms. The Labute approximate surface area is 101 Å². The third-order valence-electron chi connectivity index (χ3n) is 4.73. The van der Waals surface area contributed by atoms with Gasteiger partial charge >= 0.3 is 0 Å². The predicted molar refractivity (Wildman–Crippen MR) is 71.2 cm³/mol. The van der Waals surface area contributed by atoms with E-state index in [1.807, 2.05) is 0 Å². The second-order valence-electron chi connectivity index (χ2n) is 6.26. The van der Waals surface area contributed by atoms with Gasteiger partial charge in [-0.15, -0.1) is 0 Å². The van der Waals surface area contributed by atoms with Crippen molar-refractivity contribution in [2.45, 2.75) is 47.5 Å². The predicted octanol–water partition coefficient (Wildman–Crippen LogP) is 4.83. The number of hydrogen-bond donors (Lipinski definition) is 0. The van der Waals surface area contributed by atoms with Crippen molar-refractivity contribution >= 4 is 0 Å². The van der Waals surface area contributed by atoms with E-state index in [2.05, 4.69) is 46.8 Å². The highest BCUT2D eigenvalue weighted by atomic mass is 14.4. The van der Waals surface area contributed by atoms with E-state index in [-0.39, 0.29) is 0 Å². The highest BCUT2D eigenvalue weighted by molar-refractivity contribution is 5.26. The van der Waals surface area contributed by atoms with Crippen molar-refractivity contribution in [3.05, 3.63) is 23.3 Å². The Morgan fingerprint density at radius 2 is 1.81 bits per heavy atom. The van der Waals surface area contributed by atoms with Crippen LogP contribution in [0.4, 0.5) is 0 Å². The zero-order chi connectivity index (χ0) is 11.9. The molecule has 3 unspecified atom stereocenters. The van der Waals surface area contributed by atoms with Gasteiger partial charge in [0.15, 0.2) is 0 Å². The van der Waals surface area contributed by atoms with Crippen molar-refractivity contribution in [3.63, 3.8) is 0 Å². The first-order chi connectivity index (χ1) is 7.50. The molecule has 0 aromatic rings. The van der Waals surface area contributed by atoms with E-state index in [4.69, 9.17) is 0 Å². The van der Waals surface area contributed by atoms with Crippen molar-refractivity contribution in [2.75, 3.05) is 0 Å². The lowest BCUT2D eigenvalue weighted by molar-refractivity contribution is 0.438. The molecule has 1 fully saturated rings. The minimum atomic E-state index is 0.651. The molecule has 1 saturated carbocycles. The van der Waals surface area contributed by atoms with Crippen LogP contribution in [0.25, 0.3) is 0 Å². The molecule has 16 heavy (non-hydrogen) atoms. The first-order valence-electron chi connectivity index (χ1n) is 6.90. The van der Waals surface area contributed by atoms with Gasteiger partial charge in [0.2, 0.25) is 0 Å². The third kappa shape index (κ3) is 1.99. The molecule has 0 N–H and O–H groups in total. The average molecular weight is 218 g/mol. The molecular formula is C16H26. The van der Waals surface area contributed by atoms with E-state index in [1.54, 1.807) is 11.1 Å². The van der Waals surface area contributed by atoms with Gasteiger partial charge in [-0.25, -0.2) is 0 Å². The fraction of sp³-hybridized carbons (Fsp3) is 0.750. The Bertz CT molecular complexity index is 319. The summed E-state index contributed by atoms with van der Waals surface area (Å²) in [4.78, 5) is 0. The summed E-state index contributed by atoms with van der Waals surface area (Å²) < 4.78 is 0. The van der Waals surface area contributed by atoms with Crippen LogP contribution in [0, 0.1) is 29.6 Å². The molecule has 4 atom stereocenters. The Morgan fingerprint density at radius 3 is 2.44 bits per heavy atom. The third-order valence-corrected chi connectivity index (χ3v) is 4.73. The molecule has 0 radical (unpaired) electrons. The van der Waals surface area contributed by atoms with Crippen molar-refractivity contribution in [1.82, 2.24) is 0 Å². The summed E-state index contributed by atoms with van der Waals surface area (Å²) in [5.41, 5.74) is 3.31. The maximum atomic E-state index is 2.63. The molecule has 0 bridgehead atoms. The molecule has 0 nitrogen and oxygen atoms in total. The number of allylic oxidation sites excluding steroid dienone is 4. The molecule has 2 aliphatic carbocycles. The highest BCUT2D eigenvalue weighted by Gasteiger charge is 2.35. The van der Waals surface area contributed by atoms with Gasteiger partial charge in [0.05, 0.1) is 0 Å². The number of rotatable bonds is 1. The minimum absolute atomic E-state index is 0.651. The van der Waals surface area contributed by atoms with Gasteiger partial charge in [-0.05, 0) is 49.4 Å². The molecule has 0 aromatic carbocycles. The van der Waals surface area contributed by atoms with Crippen LogP contribution < -0.4 is 0 Å². The summed E-state index contributed by atoms with van der Waals surface area (Å²) >= 11 is 0. The Kier molecular flexibility index (Phi) is 3.28. The van der Waals surface area contributed by atoms with Gasteiger partial charge in [-0.1, -0.05) is 51.0 Å². The summed E-state index contributed by atoms with van der Waals surface area (Å²) in [6, 6.07) is 0. The highest BCUT2D eigenvalue weighted by Crippen LogP contribution is 2.45. The van der Waals surface area contributed by atoms with Gasteiger partial charge in [0.1, 0.15) is 0 Å². The van der Waals surface area contributed by atoms with Gasteiger partial charge in [-0.2, -0.15) is 0 Å². The fourth-order valence-electron chi connectivity index (χ4n) is 3.74. The Balaban J connectivity index is 2.38. The van der Waals surface area contributed by atoms with Crippen LogP contribution in [0.1, 0.15) is 47.5 Å². The monoisotopic (exact) mass is 218 g/mol. The smallest absolute Gasteiger partial charge is 0.00463 e. The first-order valence-corrected chi connectivity index (χ1v) is 6.90. The SMILES string of the molecule is CC1=C[C@@H](C)C(C(C)C)=CC2C(C)CCC12. The lowest BCUT2D eigenvalue weighted by atomic mass is 9.84. The first kappa shape index (κ1) is 12.0. The summed E-state index contributed by atoms with van der Waals surface area (Å²) in [5.74, 6) is 3.89.